The lowest BCUT2D eigenvalue weighted by atomic mass is 9.87. The highest BCUT2D eigenvalue weighted by molar-refractivity contribution is 5.43. The molecule has 0 radical (unpaired) electrons. The third-order valence-electron chi connectivity index (χ3n) is 4.37. The van der Waals surface area contributed by atoms with Crippen molar-refractivity contribution in [2.75, 3.05) is 13.7 Å². The summed E-state index contributed by atoms with van der Waals surface area (Å²) in [7, 11) is 1.43. The molecule has 3 atom stereocenters. The zero-order valence-electron chi connectivity index (χ0n) is 13.6. The van der Waals surface area contributed by atoms with E-state index in [1.54, 1.807) is 12.1 Å². The van der Waals surface area contributed by atoms with Crippen LogP contribution in [0.25, 0.3) is 0 Å². The van der Waals surface area contributed by atoms with Crippen LogP contribution in [-0.4, -0.2) is 31.5 Å². The van der Waals surface area contributed by atoms with Crippen molar-refractivity contribution in [2.45, 2.75) is 51.4 Å². The maximum absolute atomic E-state index is 12.3. The van der Waals surface area contributed by atoms with Gasteiger partial charge < -0.3 is 19.9 Å². The Labute approximate surface area is 135 Å². The third-order valence-corrected chi connectivity index (χ3v) is 4.37. The summed E-state index contributed by atoms with van der Waals surface area (Å²) in [5, 5.41) is 13.2. The quantitative estimate of drug-likeness (QED) is 0.804. The number of alkyl halides is 2. The Bertz CT molecular complexity index is 499. The number of rotatable bonds is 7. The fourth-order valence-corrected chi connectivity index (χ4v) is 3.06. The van der Waals surface area contributed by atoms with Crippen molar-refractivity contribution < 1.29 is 23.4 Å². The summed E-state index contributed by atoms with van der Waals surface area (Å²) in [4.78, 5) is 0. The Morgan fingerprint density at radius 3 is 2.74 bits per heavy atom. The Balaban J connectivity index is 1.94. The molecule has 130 valence electrons. The summed E-state index contributed by atoms with van der Waals surface area (Å²) in [6.07, 6.45) is 3.74. The van der Waals surface area contributed by atoms with Gasteiger partial charge in [-0.25, -0.2) is 0 Å². The molecule has 1 aromatic rings. The number of hydrogen-bond acceptors (Lipinski definition) is 4. The molecule has 2 rings (SSSR count). The van der Waals surface area contributed by atoms with Crippen LogP contribution in [0.3, 0.4) is 0 Å². The molecule has 23 heavy (non-hydrogen) atoms. The smallest absolute Gasteiger partial charge is 0.387 e. The van der Waals surface area contributed by atoms with Crippen molar-refractivity contribution in [3.8, 4) is 11.5 Å². The Morgan fingerprint density at radius 2 is 2.09 bits per heavy atom. The predicted molar refractivity (Wildman–Crippen MR) is 84.0 cm³/mol. The molecule has 0 bridgehead atoms. The lowest BCUT2D eigenvalue weighted by Crippen LogP contribution is -2.30. The van der Waals surface area contributed by atoms with Crippen LogP contribution in [-0.2, 0) is 0 Å². The summed E-state index contributed by atoms with van der Waals surface area (Å²) in [6.45, 7) is -0.0275. The highest BCUT2D eigenvalue weighted by Gasteiger charge is 2.21. The number of hydrogen-bond donors (Lipinski definition) is 2. The van der Waals surface area contributed by atoms with Gasteiger partial charge in [-0.05, 0) is 56.3 Å². The van der Waals surface area contributed by atoms with Crippen molar-refractivity contribution in [2.24, 2.45) is 5.92 Å². The van der Waals surface area contributed by atoms with E-state index in [0.717, 1.165) is 37.8 Å². The third kappa shape index (κ3) is 5.32. The van der Waals surface area contributed by atoms with Crippen LogP contribution in [0.4, 0.5) is 8.78 Å². The highest BCUT2D eigenvalue weighted by atomic mass is 19.3. The zero-order valence-corrected chi connectivity index (χ0v) is 13.6. The first kappa shape index (κ1) is 17.9. The molecule has 1 fully saturated rings. The van der Waals surface area contributed by atoms with Crippen LogP contribution in [0.1, 0.15) is 44.2 Å². The van der Waals surface area contributed by atoms with E-state index in [2.05, 4.69) is 10.1 Å². The van der Waals surface area contributed by atoms with Gasteiger partial charge in [0.05, 0.1) is 13.2 Å². The lowest BCUT2D eigenvalue weighted by molar-refractivity contribution is -0.0512. The van der Waals surface area contributed by atoms with Crippen molar-refractivity contribution in [3.63, 3.8) is 0 Å². The van der Waals surface area contributed by atoms with Crippen molar-refractivity contribution >= 4 is 0 Å². The van der Waals surface area contributed by atoms with Crippen LogP contribution in [0.2, 0.25) is 0 Å². The fourth-order valence-electron chi connectivity index (χ4n) is 3.06. The number of nitrogens with one attached hydrogen (secondary N) is 1. The molecule has 6 heteroatoms. The van der Waals surface area contributed by atoms with E-state index in [4.69, 9.17) is 4.74 Å². The molecule has 1 aliphatic rings. The number of halogens is 2. The number of aliphatic hydroxyl groups excluding tert-OH is 1. The van der Waals surface area contributed by atoms with E-state index in [0.29, 0.717) is 11.7 Å². The molecule has 0 aliphatic heterocycles. The normalized spacial score (nSPS) is 22.9. The van der Waals surface area contributed by atoms with Gasteiger partial charge in [-0.3, -0.25) is 0 Å². The van der Waals surface area contributed by atoms with Crippen LogP contribution < -0.4 is 14.8 Å². The molecule has 0 spiro atoms. The van der Waals surface area contributed by atoms with Gasteiger partial charge in [-0.2, -0.15) is 8.78 Å². The first-order valence-electron chi connectivity index (χ1n) is 8.03. The van der Waals surface area contributed by atoms with E-state index in [1.165, 1.54) is 13.2 Å². The molecule has 1 saturated carbocycles. The summed E-state index contributed by atoms with van der Waals surface area (Å²) >= 11 is 0. The summed E-state index contributed by atoms with van der Waals surface area (Å²) < 4.78 is 34.2. The molecule has 1 aliphatic carbocycles. The van der Waals surface area contributed by atoms with Gasteiger partial charge in [0.25, 0.3) is 0 Å². The van der Waals surface area contributed by atoms with Crippen LogP contribution >= 0.6 is 0 Å². The maximum atomic E-state index is 12.3. The molecule has 2 N–H and O–H groups in total. The average molecular weight is 329 g/mol. The van der Waals surface area contributed by atoms with Crippen molar-refractivity contribution in [1.29, 1.82) is 0 Å². The SMILES string of the molecule is COc1cc(C(C)NCC2CCCC(O)C2)ccc1OC(F)F. The van der Waals surface area contributed by atoms with Gasteiger partial charge in [0.15, 0.2) is 11.5 Å². The van der Waals surface area contributed by atoms with E-state index >= 15 is 0 Å². The second-order valence-corrected chi connectivity index (χ2v) is 6.11. The number of aliphatic hydroxyl groups is 1. The first-order chi connectivity index (χ1) is 11.0. The monoisotopic (exact) mass is 329 g/mol. The van der Waals surface area contributed by atoms with Gasteiger partial charge in [0, 0.05) is 6.04 Å². The lowest BCUT2D eigenvalue weighted by Gasteiger charge is -2.27. The largest absolute Gasteiger partial charge is 0.493 e. The molecule has 4 nitrogen and oxygen atoms in total. The fraction of sp³-hybridized carbons (Fsp3) is 0.647. The minimum absolute atomic E-state index is 0.0360. The van der Waals surface area contributed by atoms with Crippen LogP contribution in [0.15, 0.2) is 18.2 Å². The molecule has 1 aromatic carbocycles. The van der Waals surface area contributed by atoms with E-state index in [1.807, 2.05) is 6.92 Å². The second kappa shape index (κ2) is 8.45. The van der Waals surface area contributed by atoms with Crippen LogP contribution in [0.5, 0.6) is 11.5 Å². The zero-order chi connectivity index (χ0) is 16.8. The topological polar surface area (TPSA) is 50.7 Å². The van der Waals surface area contributed by atoms with Crippen molar-refractivity contribution in [1.82, 2.24) is 5.32 Å². The average Bonchev–Trinajstić information content (AvgIpc) is 2.52. The van der Waals surface area contributed by atoms with Crippen molar-refractivity contribution in [3.05, 3.63) is 23.8 Å². The Kier molecular flexibility index (Phi) is 6.59. The molecular weight excluding hydrogens is 304 g/mol. The molecule has 0 heterocycles. The van der Waals surface area contributed by atoms with Gasteiger partial charge in [0.2, 0.25) is 0 Å². The van der Waals surface area contributed by atoms with E-state index < -0.39 is 6.61 Å². The summed E-state index contributed by atoms with van der Waals surface area (Å²) in [5.74, 6) is 0.808. The molecule has 3 unspecified atom stereocenters. The first-order valence-corrected chi connectivity index (χ1v) is 8.03. The molecule has 0 aromatic heterocycles. The Morgan fingerprint density at radius 1 is 1.30 bits per heavy atom. The Hall–Kier alpha value is -1.40. The highest BCUT2D eigenvalue weighted by Crippen LogP contribution is 2.31. The van der Waals surface area contributed by atoms with Gasteiger partial charge in [-0.1, -0.05) is 12.5 Å². The van der Waals surface area contributed by atoms with Gasteiger partial charge in [0.1, 0.15) is 0 Å². The standard InChI is InChI=1S/C17H25F2NO3/c1-11(20-10-12-4-3-5-14(21)8-12)13-6-7-15(23-17(18)19)16(9-13)22-2/h6-7,9,11-12,14,17,20-21H,3-5,8,10H2,1-2H3. The number of ether oxygens (including phenoxy) is 2. The van der Waals surface area contributed by atoms with E-state index in [-0.39, 0.29) is 17.9 Å². The minimum Gasteiger partial charge on any atom is -0.493 e. The summed E-state index contributed by atoms with van der Waals surface area (Å²) in [5.41, 5.74) is 0.944. The van der Waals surface area contributed by atoms with Gasteiger partial charge in [-0.15, -0.1) is 0 Å². The second-order valence-electron chi connectivity index (χ2n) is 6.11. The summed E-state index contributed by atoms with van der Waals surface area (Å²) in [6, 6.07) is 5.03. The number of benzene rings is 1. The minimum atomic E-state index is -2.87. The maximum Gasteiger partial charge on any atom is 0.387 e. The molecule has 0 saturated heterocycles. The number of methoxy groups -OCH3 is 1. The molecule has 0 amide bonds. The van der Waals surface area contributed by atoms with Crippen LogP contribution in [0, 0.1) is 5.92 Å². The van der Waals surface area contributed by atoms with Gasteiger partial charge >= 0.3 is 6.61 Å². The predicted octanol–water partition coefficient (Wildman–Crippen LogP) is 3.50. The van der Waals surface area contributed by atoms with E-state index in [9.17, 15) is 13.9 Å². The molecular formula is C17H25F2NO3.